The number of nitrogens with zero attached hydrogens (tertiary/aromatic N) is 2. The average molecular weight is 338 g/mol. The van der Waals surface area contributed by atoms with Gasteiger partial charge in [-0.1, -0.05) is 6.07 Å². The highest BCUT2D eigenvalue weighted by Crippen LogP contribution is 2.39. The molecule has 0 bridgehead atoms. The summed E-state index contributed by atoms with van der Waals surface area (Å²) in [5.74, 6) is 2.13. The Hall–Kier alpha value is -3.02. The molecule has 2 heterocycles. The van der Waals surface area contributed by atoms with Gasteiger partial charge < -0.3 is 14.2 Å². The Kier molecular flexibility index (Phi) is 3.80. The fraction of sp³-hybridized carbons (Fsp3) is 0.263. The second-order valence-electron chi connectivity index (χ2n) is 5.97. The minimum Gasteiger partial charge on any atom is -0.497 e. The molecule has 6 heteroatoms. The third kappa shape index (κ3) is 2.80. The number of ether oxygens (including phenoxy) is 3. The van der Waals surface area contributed by atoms with Crippen molar-refractivity contribution in [1.82, 2.24) is 5.01 Å². The van der Waals surface area contributed by atoms with Crippen molar-refractivity contribution in [2.75, 3.05) is 13.9 Å². The van der Waals surface area contributed by atoms with Gasteiger partial charge >= 0.3 is 0 Å². The van der Waals surface area contributed by atoms with E-state index in [1.165, 1.54) is 11.9 Å². The summed E-state index contributed by atoms with van der Waals surface area (Å²) in [7, 11) is 1.63. The maximum atomic E-state index is 12.1. The van der Waals surface area contributed by atoms with Crippen LogP contribution >= 0.6 is 0 Å². The summed E-state index contributed by atoms with van der Waals surface area (Å²) in [6.07, 6.45) is 0.644. The minimum absolute atomic E-state index is 0.0915. The summed E-state index contributed by atoms with van der Waals surface area (Å²) >= 11 is 0. The van der Waals surface area contributed by atoms with Crippen molar-refractivity contribution in [2.45, 2.75) is 19.4 Å². The van der Waals surface area contributed by atoms with Gasteiger partial charge in [0.25, 0.3) is 0 Å². The molecule has 2 aromatic carbocycles. The van der Waals surface area contributed by atoms with Crippen LogP contribution in [0.25, 0.3) is 0 Å². The van der Waals surface area contributed by atoms with Crippen molar-refractivity contribution in [2.24, 2.45) is 5.10 Å². The summed E-state index contributed by atoms with van der Waals surface area (Å²) in [5, 5.41) is 6.09. The molecule has 1 atom stereocenters. The molecule has 2 aliphatic rings. The van der Waals surface area contributed by atoms with Gasteiger partial charge in [-0.2, -0.15) is 5.10 Å². The summed E-state index contributed by atoms with van der Waals surface area (Å²) in [5.41, 5.74) is 2.84. The molecule has 0 aromatic heterocycles. The molecule has 0 N–H and O–H groups in total. The van der Waals surface area contributed by atoms with Crippen molar-refractivity contribution in [3.05, 3.63) is 53.6 Å². The summed E-state index contributed by atoms with van der Waals surface area (Å²) < 4.78 is 16.0. The van der Waals surface area contributed by atoms with E-state index in [0.717, 1.165) is 28.3 Å². The van der Waals surface area contributed by atoms with Gasteiger partial charge in [0.1, 0.15) is 5.75 Å². The van der Waals surface area contributed by atoms with Crippen molar-refractivity contribution in [3.8, 4) is 17.2 Å². The first-order valence-electron chi connectivity index (χ1n) is 8.07. The third-order valence-corrected chi connectivity index (χ3v) is 4.44. The molecule has 0 aliphatic carbocycles. The van der Waals surface area contributed by atoms with Crippen LogP contribution in [0.15, 0.2) is 47.6 Å². The van der Waals surface area contributed by atoms with Crippen molar-refractivity contribution in [1.29, 1.82) is 0 Å². The number of amides is 1. The molecule has 2 aliphatic heterocycles. The van der Waals surface area contributed by atoms with Gasteiger partial charge in [0.2, 0.25) is 12.7 Å². The van der Waals surface area contributed by atoms with Crippen LogP contribution in [0.4, 0.5) is 0 Å². The number of carbonyl (C=O) groups is 1. The number of hydrazone groups is 1. The van der Waals surface area contributed by atoms with E-state index in [1.807, 2.05) is 42.5 Å². The molecule has 0 fully saturated rings. The first kappa shape index (κ1) is 15.5. The van der Waals surface area contributed by atoms with Gasteiger partial charge in [0.15, 0.2) is 11.5 Å². The van der Waals surface area contributed by atoms with Gasteiger partial charge in [0.05, 0.1) is 18.9 Å². The predicted octanol–water partition coefficient (Wildman–Crippen LogP) is 3.12. The Labute approximate surface area is 145 Å². The molecule has 0 saturated carbocycles. The summed E-state index contributed by atoms with van der Waals surface area (Å²) in [6, 6.07) is 13.3. The number of rotatable bonds is 3. The lowest BCUT2D eigenvalue weighted by Crippen LogP contribution is -2.24. The molecule has 4 rings (SSSR count). The molecule has 2 aromatic rings. The van der Waals surface area contributed by atoms with Crippen LogP contribution in [0.1, 0.15) is 30.5 Å². The topological polar surface area (TPSA) is 60.4 Å². The number of fused-ring (bicyclic) bond motifs is 1. The Morgan fingerprint density at radius 2 is 1.92 bits per heavy atom. The lowest BCUT2D eigenvalue weighted by Gasteiger charge is -2.20. The number of methoxy groups -OCH3 is 1. The van der Waals surface area contributed by atoms with E-state index in [9.17, 15) is 4.79 Å². The second kappa shape index (κ2) is 6.12. The minimum atomic E-state index is -0.149. The van der Waals surface area contributed by atoms with Gasteiger partial charge in [0, 0.05) is 13.3 Å². The van der Waals surface area contributed by atoms with Crippen molar-refractivity contribution >= 4 is 11.6 Å². The zero-order valence-corrected chi connectivity index (χ0v) is 14.1. The standard InChI is InChI=1S/C19H18N2O4/c1-12(22)21-17(14-5-8-18-19(9-14)25-11-24-18)10-16(20-21)13-3-6-15(23-2)7-4-13/h3-9,17H,10-11H2,1-2H3/t17-/m0/s1. The molecule has 25 heavy (non-hydrogen) atoms. The molecule has 0 saturated heterocycles. The maximum absolute atomic E-state index is 12.1. The van der Waals surface area contributed by atoms with Gasteiger partial charge in [-0.05, 0) is 47.5 Å². The molecule has 1 amide bonds. The van der Waals surface area contributed by atoms with Gasteiger partial charge in [-0.25, -0.2) is 5.01 Å². The Bertz CT molecular complexity index is 845. The van der Waals surface area contributed by atoms with Gasteiger partial charge in [-0.15, -0.1) is 0 Å². The number of hydrogen-bond donors (Lipinski definition) is 0. The number of carbonyl (C=O) groups excluding carboxylic acids is 1. The number of hydrogen-bond acceptors (Lipinski definition) is 5. The monoisotopic (exact) mass is 338 g/mol. The van der Waals surface area contributed by atoms with E-state index in [1.54, 1.807) is 7.11 Å². The molecular formula is C19H18N2O4. The quantitative estimate of drug-likeness (QED) is 0.863. The van der Waals surface area contributed by atoms with Crippen LogP contribution in [0.3, 0.4) is 0 Å². The van der Waals surface area contributed by atoms with E-state index in [-0.39, 0.29) is 18.7 Å². The van der Waals surface area contributed by atoms with Crippen molar-refractivity contribution < 1.29 is 19.0 Å². The highest BCUT2D eigenvalue weighted by atomic mass is 16.7. The Morgan fingerprint density at radius 1 is 1.16 bits per heavy atom. The fourth-order valence-electron chi connectivity index (χ4n) is 3.14. The average Bonchev–Trinajstić information content (AvgIpc) is 3.28. The van der Waals surface area contributed by atoms with E-state index in [2.05, 4.69) is 5.10 Å². The first-order chi connectivity index (χ1) is 12.2. The highest BCUT2D eigenvalue weighted by molar-refractivity contribution is 6.03. The van der Waals surface area contributed by atoms with E-state index < -0.39 is 0 Å². The SMILES string of the molecule is COc1ccc(C2=NN(C(C)=O)[C@H](c3ccc4c(c3)OCO4)C2)cc1. The zero-order valence-electron chi connectivity index (χ0n) is 14.1. The van der Waals surface area contributed by atoms with Crippen LogP contribution in [0, 0.1) is 0 Å². The van der Waals surface area contributed by atoms with Gasteiger partial charge in [-0.3, -0.25) is 4.79 Å². The first-order valence-corrected chi connectivity index (χ1v) is 8.07. The molecular weight excluding hydrogens is 320 g/mol. The lowest BCUT2D eigenvalue weighted by atomic mass is 9.98. The highest BCUT2D eigenvalue weighted by Gasteiger charge is 2.32. The van der Waals surface area contributed by atoms with Crippen LogP contribution in [0.5, 0.6) is 17.2 Å². The largest absolute Gasteiger partial charge is 0.497 e. The van der Waals surface area contributed by atoms with Crippen LogP contribution in [-0.4, -0.2) is 30.5 Å². The molecule has 0 spiro atoms. The zero-order chi connectivity index (χ0) is 17.4. The Morgan fingerprint density at radius 3 is 2.64 bits per heavy atom. The Balaban J connectivity index is 1.64. The van der Waals surface area contributed by atoms with Crippen molar-refractivity contribution in [3.63, 3.8) is 0 Å². The lowest BCUT2D eigenvalue weighted by molar-refractivity contribution is -0.130. The van der Waals surface area contributed by atoms with Crippen LogP contribution in [-0.2, 0) is 4.79 Å². The smallest absolute Gasteiger partial charge is 0.240 e. The maximum Gasteiger partial charge on any atom is 0.240 e. The van der Waals surface area contributed by atoms with E-state index in [4.69, 9.17) is 14.2 Å². The van der Waals surface area contributed by atoms with E-state index >= 15 is 0 Å². The summed E-state index contributed by atoms with van der Waals surface area (Å²) in [4.78, 5) is 12.1. The molecule has 128 valence electrons. The van der Waals surface area contributed by atoms with Crippen LogP contribution in [0.2, 0.25) is 0 Å². The molecule has 6 nitrogen and oxygen atoms in total. The third-order valence-electron chi connectivity index (χ3n) is 4.44. The molecule has 0 unspecified atom stereocenters. The van der Waals surface area contributed by atoms with Crippen LogP contribution < -0.4 is 14.2 Å². The second-order valence-corrected chi connectivity index (χ2v) is 5.97. The summed E-state index contributed by atoms with van der Waals surface area (Å²) in [6.45, 7) is 1.76. The van der Waals surface area contributed by atoms with E-state index in [0.29, 0.717) is 12.2 Å². The normalized spacial score (nSPS) is 18.2. The molecule has 0 radical (unpaired) electrons. The fourth-order valence-corrected chi connectivity index (χ4v) is 3.14. The predicted molar refractivity (Wildman–Crippen MR) is 92.0 cm³/mol. The number of benzene rings is 2.